The lowest BCUT2D eigenvalue weighted by molar-refractivity contribution is -0.123. The summed E-state index contributed by atoms with van der Waals surface area (Å²) >= 11 is 0. The summed E-state index contributed by atoms with van der Waals surface area (Å²) in [5.74, 6) is 1.19. The normalized spacial score (nSPS) is 18.6. The van der Waals surface area contributed by atoms with E-state index in [4.69, 9.17) is 4.74 Å². The first-order valence-corrected chi connectivity index (χ1v) is 11.3. The molecule has 4 heteroatoms. The van der Waals surface area contributed by atoms with Crippen LogP contribution in [0.2, 0.25) is 0 Å². The smallest absolute Gasteiger partial charge is 0.224 e. The standard InChI is InChI=1S/C28H32N2O2/c1-19(26-15-14-23(17-29-26)32-18-20-8-6-5-7-9-20)30-27(31)25-16-24(25)21-10-12-22(13-11-21)28(2,3)4/h5-15,17,19,24-25H,16,18H2,1-4H3,(H,30,31)/t19-,24+,25-/m1/s1. The molecule has 1 fully saturated rings. The van der Waals surface area contributed by atoms with Crippen LogP contribution < -0.4 is 10.1 Å². The fourth-order valence-electron chi connectivity index (χ4n) is 3.95. The van der Waals surface area contributed by atoms with Crippen LogP contribution in [0.3, 0.4) is 0 Å². The van der Waals surface area contributed by atoms with Gasteiger partial charge in [-0.15, -0.1) is 0 Å². The maximum Gasteiger partial charge on any atom is 0.224 e. The van der Waals surface area contributed by atoms with Crippen LogP contribution in [0.5, 0.6) is 5.75 Å². The second-order valence-electron chi connectivity index (χ2n) is 9.74. The summed E-state index contributed by atoms with van der Waals surface area (Å²) in [6.07, 6.45) is 2.63. The molecule has 3 aromatic rings. The minimum Gasteiger partial charge on any atom is -0.487 e. The van der Waals surface area contributed by atoms with Gasteiger partial charge < -0.3 is 10.1 Å². The predicted octanol–water partition coefficient (Wildman–Crippen LogP) is 5.94. The molecule has 0 aliphatic heterocycles. The SMILES string of the molecule is C[C@@H](NC(=O)[C@@H]1C[C@H]1c1ccc(C(C)(C)C)cc1)c1ccc(OCc2ccccc2)cn1. The number of carbonyl (C=O) groups is 1. The van der Waals surface area contributed by atoms with E-state index in [-0.39, 0.29) is 23.3 Å². The molecule has 166 valence electrons. The molecule has 1 saturated carbocycles. The molecule has 1 aromatic heterocycles. The van der Waals surface area contributed by atoms with E-state index in [2.05, 4.69) is 55.3 Å². The number of carbonyl (C=O) groups excluding carboxylic acids is 1. The van der Waals surface area contributed by atoms with Crippen molar-refractivity contribution in [1.29, 1.82) is 0 Å². The highest BCUT2D eigenvalue weighted by Gasteiger charge is 2.44. The van der Waals surface area contributed by atoms with Gasteiger partial charge in [0.2, 0.25) is 5.91 Å². The van der Waals surface area contributed by atoms with Crippen molar-refractivity contribution in [2.45, 2.75) is 58.1 Å². The lowest BCUT2D eigenvalue weighted by atomic mass is 9.86. The molecule has 1 aliphatic carbocycles. The highest BCUT2D eigenvalue weighted by Crippen LogP contribution is 2.48. The summed E-state index contributed by atoms with van der Waals surface area (Å²) in [5, 5.41) is 3.13. The Hall–Kier alpha value is -3.14. The topological polar surface area (TPSA) is 51.2 Å². The van der Waals surface area contributed by atoms with Gasteiger partial charge in [0.1, 0.15) is 12.4 Å². The molecule has 4 rings (SSSR count). The van der Waals surface area contributed by atoms with Crippen LogP contribution >= 0.6 is 0 Å². The number of amides is 1. The number of hydrogen-bond acceptors (Lipinski definition) is 3. The third kappa shape index (κ3) is 5.37. The molecule has 1 heterocycles. The third-order valence-electron chi connectivity index (χ3n) is 6.14. The third-order valence-corrected chi connectivity index (χ3v) is 6.14. The maximum absolute atomic E-state index is 12.8. The second kappa shape index (κ2) is 9.15. The summed E-state index contributed by atoms with van der Waals surface area (Å²) in [6, 6.07) is 22.5. The summed E-state index contributed by atoms with van der Waals surface area (Å²) in [5.41, 5.74) is 4.66. The van der Waals surface area contributed by atoms with E-state index in [1.807, 2.05) is 49.4 Å². The van der Waals surface area contributed by atoms with E-state index in [1.165, 1.54) is 11.1 Å². The van der Waals surface area contributed by atoms with Crippen LogP contribution in [0.15, 0.2) is 72.9 Å². The van der Waals surface area contributed by atoms with Gasteiger partial charge in [0.05, 0.1) is 17.9 Å². The van der Waals surface area contributed by atoms with Gasteiger partial charge in [-0.2, -0.15) is 0 Å². The van der Waals surface area contributed by atoms with E-state index < -0.39 is 0 Å². The number of rotatable bonds is 7. The number of ether oxygens (including phenoxy) is 1. The van der Waals surface area contributed by atoms with Gasteiger partial charge in [-0.1, -0.05) is 75.4 Å². The van der Waals surface area contributed by atoms with Gasteiger partial charge >= 0.3 is 0 Å². The Morgan fingerprint density at radius 1 is 1.06 bits per heavy atom. The molecular weight excluding hydrogens is 396 g/mol. The van der Waals surface area contributed by atoms with Crippen molar-refractivity contribution in [2.75, 3.05) is 0 Å². The van der Waals surface area contributed by atoms with Crippen molar-refractivity contribution >= 4 is 5.91 Å². The van der Waals surface area contributed by atoms with Gasteiger partial charge in [0.25, 0.3) is 0 Å². The lowest BCUT2D eigenvalue weighted by Crippen LogP contribution is -2.28. The number of hydrogen-bond donors (Lipinski definition) is 1. The Bertz CT molecular complexity index is 1040. The zero-order valence-corrected chi connectivity index (χ0v) is 19.3. The molecule has 1 N–H and O–H groups in total. The largest absolute Gasteiger partial charge is 0.487 e. The van der Waals surface area contributed by atoms with E-state index in [0.717, 1.165) is 23.4 Å². The molecule has 3 atom stereocenters. The number of nitrogens with one attached hydrogen (secondary N) is 1. The number of benzene rings is 2. The average molecular weight is 429 g/mol. The molecule has 1 aliphatic rings. The van der Waals surface area contributed by atoms with Gasteiger partial charge in [-0.05, 0) is 53.5 Å². The van der Waals surface area contributed by atoms with Crippen LogP contribution in [0.4, 0.5) is 0 Å². The first-order chi connectivity index (χ1) is 15.3. The fraction of sp³-hybridized carbons (Fsp3) is 0.357. The zero-order valence-electron chi connectivity index (χ0n) is 19.3. The van der Waals surface area contributed by atoms with Crippen molar-refractivity contribution in [3.05, 3.63) is 95.3 Å². The Labute approximate surface area is 191 Å². The number of nitrogens with zero attached hydrogens (tertiary/aromatic N) is 1. The van der Waals surface area contributed by atoms with Crippen LogP contribution in [0.1, 0.15) is 68.5 Å². The highest BCUT2D eigenvalue weighted by molar-refractivity contribution is 5.83. The first-order valence-electron chi connectivity index (χ1n) is 11.3. The van der Waals surface area contributed by atoms with Crippen LogP contribution in [0, 0.1) is 5.92 Å². The zero-order chi connectivity index (χ0) is 22.7. The van der Waals surface area contributed by atoms with E-state index in [9.17, 15) is 4.79 Å². The predicted molar refractivity (Wildman–Crippen MR) is 128 cm³/mol. The molecular formula is C28H32N2O2. The Morgan fingerprint density at radius 3 is 2.41 bits per heavy atom. The lowest BCUT2D eigenvalue weighted by Gasteiger charge is -2.19. The quantitative estimate of drug-likeness (QED) is 0.507. The van der Waals surface area contributed by atoms with Crippen molar-refractivity contribution in [2.24, 2.45) is 5.92 Å². The molecule has 0 radical (unpaired) electrons. The van der Waals surface area contributed by atoms with Crippen LogP contribution in [0.25, 0.3) is 0 Å². The molecule has 0 unspecified atom stereocenters. The monoisotopic (exact) mass is 428 g/mol. The van der Waals surface area contributed by atoms with Crippen molar-refractivity contribution < 1.29 is 9.53 Å². The van der Waals surface area contributed by atoms with Crippen molar-refractivity contribution in [3.8, 4) is 5.75 Å². The molecule has 32 heavy (non-hydrogen) atoms. The summed E-state index contributed by atoms with van der Waals surface area (Å²) in [4.78, 5) is 17.3. The van der Waals surface area contributed by atoms with E-state index >= 15 is 0 Å². The van der Waals surface area contributed by atoms with Crippen LogP contribution in [-0.4, -0.2) is 10.9 Å². The molecule has 0 bridgehead atoms. The van der Waals surface area contributed by atoms with E-state index in [1.54, 1.807) is 6.20 Å². The Kier molecular flexibility index (Phi) is 6.31. The number of pyridine rings is 1. The first kappa shape index (κ1) is 22.1. The minimum absolute atomic E-state index is 0.0476. The van der Waals surface area contributed by atoms with Gasteiger partial charge in [0, 0.05) is 5.92 Å². The summed E-state index contributed by atoms with van der Waals surface area (Å²) in [7, 11) is 0. The van der Waals surface area contributed by atoms with Gasteiger partial charge in [0.15, 0.2) is 0 Å². The molecule has 4 nitrogen and oxygen atoms in total. The minimum atomic E-state index is -0.143. The maximum atomic E-state index is 12.8. The molecule has 1 amide bonds. The second-order valence-corrected chi connectivity index (χ2v) is 9.74. The van der Waals surface area contributed by atoms with Crippen LogP contribution in [-0.2, 0) is 16.8 Å². The van der Waals surface area contributed by atoms with Crippen molar-refractivity contribution in [3.63, 3.8) is 0 Å². The highest BCUT2D eigenvalue weighted by atomic mass is 16.5. The molecule has 0 spiro atoms. The fourth-order valence-corrected chi connectivity index (χ4v) is 3.95. The number of aromatic nitrogens is 1. The summed E-state index contributed by atoms with van der Waals surface area (Å²) in [6.45, 7) is 9.13. The van der Waals surface area contributed by atoms with Gasteiger partial charge in [-0.3, -0.25) is 9.78 Å². The average Bonchev–Trinajstić information content (AvgIpc) is 3.59. The van der Waals surface area contributed by atoms with Gasteiger partial charge in [-0.25, -0.2) is 0 Å². The van der Waals surface area contributed by atoms with E-state index in [0.29, 0.717) is 12.5 Å². The summed E-state index contributed by atoms with van der Waals surface area (Å²) < 4.78 is 5.80. The Balaban J connectivity index is 1.28. The molecule has 0 saturated heterocycles. The Morgan fingerprint density at radius 2 is 1.78 bits per heavy atom. The molecule has 2 aromatic carbocycles. The van der Waals surface area contributed by atoms with Crippen molar-refractivity contribution in [1.82, 2.24) is 10.3 Å².